The van der Waals surface area contributed by atoms with Crippen molar-refractivity contribution in [2.75, 3.05) is 20.2 Å². The highest BCUT2D eigenvalue weighted by Crippen LogP contribution is 2.66. The third-order valence-electron chi connectivity index (χ3n) is 10.3. The van der Waals surface area contributed by atoms with Crippen LogP contribution in [0.1, 0.15) is 64.0 Å². The Hall–Kier alpha value is -1.83. The van der Waals surface area contributed by atoms with Gasteiger partial charge in [-0.3, -0.25) is 4.90 Å². The van der Waals surface area contributed by atoms with Crippen molar-refractivity contribution in [3.63, 3.8) is 0 Å². The lowest BCUT2D eigenvalue weighted by atomic mass is 9.48. The number of aliphatic hydroxyl groups is 1. The minimum atomic E-state index is -2.12. The van der Waals surface area contributed by atoms with E-state index in [9.17, 15) is 9.90 Å². The summed E-state index contributed by atoms with van der Waals surface area (Å²) in [6.07, 6.45) is 6.76. The van der Waals surface area contributed by atoms with Crippen LogP contribution in [0.15, 0.2) is 23.8 Å². The first kappa shape index (κ1) is 24.5. The molecule has 2 bridgehead atoms. The van der Waals surface area contributed by atoms with Gasteiger partial charge in [-0.05, 0) is 86.3 Å². The Bertz CT molecular complexity index is 1140. The first-order valence-corrected chi connectivity index (χ1v) is 16.6. The Kier molecular flexibility index (Phi) is 5.33. The summed E-state index contributed by atoms with van der Waals surface area (Å²) in [5.74, 6) is 2.01. The molecule has 7 heteroatoms. The highest BCUT2D eigenvalue weighted by molar-refractivity contribution is 6.74. The van der Waals surface area contributed by atoms with Gasteiger partial charge in [-0.25, -0.2) is 4.79 Å². The molecule has 0 aromatic heterocycles. The van der Waals surface area contributed by atoms with E-state index in [1.165, 1.54) is 25.5 Å². The number of rotatable bonds is 5. The lowest BCUT2D eigenvalue weighted by Crippen LogP contribution is -2.75. The van der Waals surface area contributed by atoms with Crippen molar-refractivity contribution in [3.8, 4) is 11.5 Å². The number of benzene rings is 1. The lowest BCUT2D eigenvalue weighted by molar-refractivity contribution is -0.175. The third kappa shape index (κ3) is 3.31. The normalized spacial score (nSPS) is 34.2. The third-order valence-corrected chi connectivity index (χ3v) is 14.6. The van der Waals surface area contributed by atoms with Gasteiger partial charge >= 0.3 is 5.97 Å². The van der Waals surface area contributed by atoms with Gasteiger partial charge in [-0.2, -0.15) is 0 Å². The molecule has 1 saturated heterocycles. The number of carbonyl (C=O) groups is 1. The van der Waals surface area contributed by atoms with E-state index in [1.807, 2.05) is 0 Å². The molecule has 1 unspecified atom stereocenters. The smallest absolute Gasteiger partial charge is 0.330 e. The molecule has 2 aliphatic heterocycles. The van der Waals surface area contributed by atoms with E-state index in [-0.39, 0.29) is 23.2 Å². The average Bonchev–Trinajstić information content (AvgIpc) is 3.54. The van der Waals surface area contributed by atoms with Crippen molar-refractivity contribution in [2.45, 2.75) is 101 Å². The molecule has 3 fully saturated rings. The van der Waals surface area contributed by atoms with Gasteiger partial charge in [0.05, 0.1) is 18.1 Å². The van der Waals surface area contributed by atoms with Crippen molar-refractivity contribution in [1.82, 2.24) is 4.90 Å². The van der Waals surface area contributed by atoms with E-state index in [0.717, 1.165) is 54.5 Å². The van der Waals surface area contributed by atoms with Gasteiger partial charge in [0, 0.05) is 24.2 Å². The Morgan fingerprint density at radius 2 is 2.03 bits per heavy atom. The molecule has 4 atom stereocenters. The topological polar surface area (TPSA) is 68.2 Å². The van der Waals surface area contributed by atoms with E-state index in [4.69, 9.17) is 13.9 Å². The van der Waals surface area contributed by atoms with Gasteiger partial charge in [0.25, 0.3) is 8.32 Å². The number of carbonyl (C=O) groups excluding carboxylic acids is 1. The van der Waals surface area contributed by atoms with Crippen LogP contribution in [0.3, 0.4) is 0 Å². The number of piperidine rings is 1. The van der Waals surface area contributed by atoms with Crippen LogP contribution in [0.2, 0.25) is 18.1 Å². The number of nitrogens with zero attached hydrogens (tertiary/aromatic N) is 1. The Morgan fingerprint density at radius 1 is 1.28 bits per heavy atom. The molecule has 6 rings (SSSR count). The second kappa shape index (κ2) is 7.84. The molecule has 2 heterocycles. The van der Waals surface area contributed by atoms with E-state index >= 15 is 0 Å². The number of methoxy groups -OCH3 is 1. The molecule has 0 amide bonds. The molecule has 1 N–H and O–H groups in total. The fraction of sp³-hybridized carbons (Fsp3) is 0.690. The molecule has 1 spiro atoms. The fourth-order valence-corrected chi connectivity index (χ4v) is 8.21. The second-order valence-electron chi connectivity index (χ2n) is 13.3. The summed E-state index contributed by atoms with van der Waals surface area (Å²) >= 11 is 0. The molecule has 5 aliphatic rings. The standard InChI is InChI=1S/C29H41NO5Si/c1-27(2,3)36(5,6)35-21-10-9-19-15-22-29(32)12-11-20(16-23(31)33-4)26-28(29,24(19)25(21)34-26)13-14-30(22)17-18-7-8-18/h9-10,16,18,22,26,32H,7-8,11-15,17H2,1-6H3/b20-16+/t22-,26?,28+,29-/m1/s1. The molecule has 36 heavy (non-hydrogen) atoms. The van der Waals surface area contributed by atoms with E-state index in [2.05, 4.69) is 50.9 Å². The van der Waals surface area contributed by atoms with Gasteiger partial charge in [0.1, 0.15) is 11.9 Å². The summed E-state index contributed by atoms with van der Waals surface area (Å²) in [7, 11) is -0.703. The van der Waals surface area contributed by atoms with Crippen molar-refractivity contribution in [1.29, 1.82) is 0 Å². The zero-order valence-corrected chi connectivity index (χ0v) is 23.6. The number of likely N-dealkylation sites (tertiary alicyclic amines) is 1. The maximum atomic E-state index is 12.7. The van der Waals surface area contributed by atoms with Gasteiger partial charge < -0.3 is 19.0 Å². The van der Waals surface area contributed by atoms with Gasteiger partial charge in [-0.1, -0.05) is 26.8 Å². The Morgan fingerprint density at radius 3 is 2.69 bits per heavy atom. The van der Waals surface area contributed by atoms with Crippen molar-refractivity contribution in [2.24, 2.45) is 5.92 Å². The molecular weight excluding hydrogens is 470 g/mol. The van der Waals surface area contributed by atoms with Crippen LogP contribution in [0.25, 0.3) is 0 Å². The summed E-state index contributed by atoms with van der Waals surface area (Å²) in [6.45, 7) is 13.3. The maximum absolute atomic E-state index is 12.7. The van der Waals surface area contributed by atoms with Gasteiger partial charge in [-0.15, -0.1) is 0 Å². The summed E-state index contributed by atoms with van der Waals surface area (Å²) < 4.78 is 18.7. The predicted octanol–water partition coefficient (Wildman–Crippen LogP) is 4.73. The summed E-state index contributed by atoms with van der Waals surface area (Å²) in [4.78, 5) is 14.9. The van der Waals surface area contributed by atoms with Crippen LogP contribution >= 0.6 is 0 Å². The van der Waals surface area contributed by atoms with E-state index in [1.54, 1.807) is 6.08 Å². The quantitative estimate of drug-likeness (QED) is 0.350. The molecule has 1 aromatic rings. The highest BCUT2D eigenvalue weighted by Gasteiger charge is 2.72. The molecule has 196 valence electrons. The highest BCUT2D eigenvalue weighted by atomic mass is 28.4. The van der Waals surface area contributed by atoms with Crippen LogP contribution in [0, 0.1) is 5.92 Å². The van der Waals surface area contributed by atoms with E-state index in [0.29, 0.717) is 12.8 Å². The first-order chi connectivity index (χ1) is 16.9. The predicted molar refractivity (Wildman–Crippen MR) is 141 cm³/mol. The first-order valence-electron chi connectivity index (χ1n) is 13.7. The lowest BCUT2D eigenvalue weighted by Gasteiger charge is -2.63. The van der Waals surface area contributed by atoms with Crippen LogP contribution in [-0.4, -0.2) is 62.2 Å². The molecular formula is C29H41NO5Si. The van der Waals surface area contributed by atoms with Crippen LogP contribution in [0.5, 0.6) is 11.5 Å². The van der Waals surface area contributed by atoms with E-state index < -0.39 is 19.3 Å². The molecule has 2 saturated carbocycles. The van der Waals surface area contributed by atoms with Gasteiger partial charge in [0.2, 0.25) is 0 Å². The minimum absolute atomic E-state index is 0.0508. The number of esters is 1. The van der Waals surface area contributed by atoms with Crippen LogP contribution < -0.4 is 9.16 Å². The maximum Gasteiger partial charge on any atom is 0.330 e. The molecule has 1 aromatic carbocycles. The second-order valence-corrected chi connectivity index (χ2v) is 18.1. The zero-order valence-electron chi connectivity index (χ0n) is 22.6. The van der Waals surface area contributed by atoms with Crippen molar-refractivity contribution >= 4 is 14.3 Å². The zero-order chi connectivity index (χ0) is 25.7. The molecule has 0 radical (unpaired) electrons. The summed E-state index contributed by atoms with van der Waals surface area (Å²) in [5, 5.41) is 12.7. The molecule has 6 nitrogen and oxygen atoms in total. The van der Waals surface area contributed by atoms with Gasteiger partial charge in [0.15, 0.2) is 5.75 Å². The van der Waals surface area contributed by atoms with Crippen molar-refractivity contribution in [3.05, 3.63) is 34.9 Å². The summed E-state index contributed by atoms with van der Waals surface area (Å²) in [5.41, 5.74) is 1.88. The SMILES string of the molecule is COC(=O)/C=C1\CC[C@@]2(O)[C@H]3Cc4ccc(O[Si](C)(C)C(C)(C)C)c5c4[C@@]2(CCN3CC2CC2)C1O5. The molecule has 3 aliphatic carbocycles. The van der Waals surface area contributed by atoms with Crippen molar-refractivity contribution < 1.29 is 23.8 Å². The largest absolute Gasteiger partial charge is 0.541 e. The monoisotopic (exact) mass is 511 g/mol. The van der Waals surface area contributed by atoms with Crippen LogP contribution in [-0.2, 0) is 21.4 Å². The fourth-order valence-electron chi connectivity index (χ4n) is 7.19. The number of hydrogen-bond donors (Lipinski definition) is 1. The minimum Gasteiger partial charge on any atom is -0.541 e. The average molecular weight is 512 g/mol. The Labute approximate surface area is 216 Å². The number of hydrogen-bond acceptors (Lipinski definition) is 6. The summed E-state index contributed by atoms with van der Waals surface area (Å²) in [6, 6.07) is 4.39. The van der Waals surface area contributed by atoms with Crippen LogP contribution in [0.4, 0.5) is 0 Å². The number of ether oxygens (including phenoxy) is 2. The Balaban J connectivity index is 1.51.